The Kier molecular flexibility index (Phi) is 615. The average Bonchev–Trinajstić information content (AvgIpc) is 0. The van der Waals surface area contributed by atoms with Gasteiger partial charge in [-0.15, -0.1) is 0 Å². The molecule has 2 nitrogen and oxygen atoms in total. The van der Waals surface area contributed by atoms with Crippen molar-refractivity contribution in [1.82, 2.24) is 0 Å². The van der Waals surface area contributed by atoms with E-state index in [4.69, 9.17) is 0 Å². The Morgan fingerprint density at radius 2 is 0.857 bits per heavy atom. The summed E-state index contributed by atoms with van der Waals surface area (Å²) in [6.07, 6.45) is 0. The van der Waals surface area contributed by atoms with Gasteiger partial charge in [0.2, 0.25) is 0 Å². The summed E-state index contributed by atoms with van der Waals surface area (Å²) in [6, 6.07) is 0. The zero-order chi connectivity index (χ0) is 0. The van der Waals surface area contributed by atoms with Crippen LogP contribution in [0.25, 0.3) is 0 Å². The summed E-state index contributed by atoms with van der Waals surface area (Å²) >= 11 is 0. The summed E-state index contributed by atoms with van der Waals surface area (Å²) in [5, 5.41) is 0. The SMILES string of the molecule is [Cd].[Ga].[Ge+4].[In].[O-2].[O-2].[Zn]. The maximum Gasteiger partial charge on any atom is 4.00 e. The second-order valence-electron chi connectivity index (χ2n) is 0. The first-order valence-corrected chi connectivity index (χ1v) is 0. The Morgan fingerprint density at radius 3 is 0.857 bits per heavy atom. The van der Waals surface area contributed by atoms with E-state index in [9.17, 15) is 0 Å². The Bertz CT molecular complexity index is 17.7. The normalized spacial score (nSPS) is 0. The smallest absolute Gasteiger partial charge is 2.00 e. The van der Waals surface area contributed by atoms with Gasteiger partial charge >= 0.3 is 17.6 Å². The molecule has 0 aliphatic heterocycles. The van der Waals surface area contributed by atoms with Gasteiger partial charge in [0.15, 0.2) is 0 Å². The molecule has 7 heavy (non-hydrogen) atoms. The zero-order valence-corrected chi connectivity index (χ0v) is 18.7. The summed E-state index contributed by atoms with van der Waals surface area (Å²) in [6.45, 7) is 0. The molecule has 26 valence electrons. The number of rotatable bonds is 0. The van der Waals surface area contributed by atoms with E-state index in [1.165, 1.54) is 0 Å². The molecule has 0 N–H and O–H groups in total. The molecule has 0 spiro atoms. The Labute approximate surface area is 119 Å². The van der Waals surface area contributed by atoms with Crippen LogP contribution < -0.4 is 0 Å². The van der Waals surface area contributed by atoms with Gasteiger partial charge in [0.25, 0.3) is 0 Å². The third kappa shape index (κ3) is 43.5. The zero-order valence-electron chi connectivity index (χ0n) is 3.89. The fourth-order valence-electron chi connectivity index (χ4n) is 0. The Morgan fingerprint density at radius 1 is 0.857 bits per heavy atom. The van der Waals surface area contributed by atoms with Gasteiger partial charge in [-0.25, -0.2) is 0 Å². The average molecular weight is 467 g/mol. The molecule has 0 aromatic carbocycles. The van der Waals surface area contributed by atoms with Crippen LogP contribution in [0.5, 0.6) is 0 Å². The first kappa shape index (κ1) is 77.1. The van der Waals surface area contributed by atoms with E-state index < -0.39 is 0 Å². The second-order valence-corrected chi connectivity index (χ2v) is 0. The van der Waals surface area contributed by atoms with E-state index in [1.807, 2.05) is 0 Å². The third-order valence-corrected chi connectivity index (χ3v) is 0. The van der Waals surface area contributed by atoms with Crippen molar-refractivity contribution >= 4 is 63.2 Å². The molecule has 6 radical (unpaired) electrons. The molecule has 0 aliphatic rings. The maximum absolute atomic E-state index is 0. The molecule has 0 aromatic rings. The van der Waals surface area contributed by atoms with Crippen LogP contribution in [0.15, 0.2) is 0 Å². The molecule has 7 heteroatoms. The summed E-state index contributed by atoms with van der Waals surface area (Å²) in [7, 11) is 0. The predicted molar refractivity (Wildman–Crippen MR) is 18.6 cm³/mol. The molecule has 0 saturated carbocycles. The third-order valence-electron chi connectivity index (χ3n) is 0. The van der Waals surface area contributed by atoms with Crippen molar-refractivity contribution < 1.29 is 57.7 Å². The number of hydrogen-bond acceptors (Lipinski definition) is 0. The van der Waals surface area contributed by atoms with E-state index >= 15 is 0 Å². The van der Waals surface area contributed by atoms with E-state index in [1.54, 1.807) is 0 Å². The van der Waals surface area contributed by atoms with Crippen molar-refractivity contribution in [2.75, 3.05) is 0 Å². The first-order valence-electron chi connectivity index (χ1n) is 0. The van der Waals surface area contributed by atoms with Gasteiger partial charge in [0, 0.05) is 92.4 Å². The molecule has 0 fully saturated rings. The van der Waals surface area contributed by atoms with E-state index in [0.717, 1.165) is 0 Å². The van der Waals surface area contributed by atoms with Crippen LogP contribution in [0.3, 0.4) is 0 Å². The summed E-state index contributed by atoms with van der Waals surface area (Å²) in [5.41, 5.74) is 0. The van der Waals surface area contributed by atoms with E-state index in [-0.39, 0.29) is 121 Å². The molecule has 0 heterocycles. The van der Waals surface area contributed by atoms with Crippen molar-refractivity contribution in [2.45, 2.75) is 0 Å². The van der Waals surface area contributed by atoms with Gasteiger partial charge in [-0.2, -0.15) is 0 Å². The molecule has 0 aromatic heterocycles. The topological polar surface area (TPSA) is 57.0 Å². The van der Waals surface area contributed by atoms with Gasteiger partial charge in [0.1, 0.15) is 0 Å². The molecule has 0 bridgehead atoms. The maximum atomic E-state index is 0. The minimum Gasteiger partial charge on any atom is -2.00 e. The standard InChI is InChI=1S/Cd.Ga.Ge.In.2O.Zn/q;;+4;;2*-2;. The molecule has 0 amide bonds. The second kappa shape index (κ2) is 55.8. The van der Waals surface area contributed by atoms with Crippen molar-refractivity contribution in [3.63, 3.8) is 0 Å². The summed E-state index contributed by atoms with van der Waals surface area (Å²) < 4.78 is 0. The van der Waals surface area contributed by atoms with Crippen LogP contribution in [0.1, 0.15) is 0 Å². The minimum atomic E-state index is 0. The van der Waals surface area contributed by atoms with Gasteiger partial charge in [-0.05, 0) is 0 Å². The molecular formula is CdGaGeInO2Zn. The quantitative estimate of drug-likeness (QED) is 0.395. The predicted octanol–water partition coefficient (Wildman–Crippen LogP) is -1.39. The van der Waals surface area contributed by atoms with Crippen molar-refractivity contribution in [1.29, 1.82) is 0 Å². The van der Waals surface area contributed by atoms with Crippen molar-refractivity contribution in [3.8, 4) is 0 Å². The van der Waals surface area contributed by atoms with Crippen LogP contribution in [-0.4, -0.2) is 63.2 Å². The molecule has 0 unspecified atom stereocenters. The summed E-state index contributed by atoms with van der Waals surface area (Å²) in [4.78, 5) is 0. The molecule has 0 saturated heterocycles. The molecule has 0 rings (SSSR count). The molecular weight excluding hydrogens is 467 g/mol. The van der Waals surface area contributed by atoms with Crippen LogP contribution in [0.2, 0.25) is 0 Å². The van der Waals surface area contributed by atoms with Crippen LogP contribution >= 0.6 is 0 Å². The van der Waals surface area contributed by atoms with Gasteiger partial charge in [0.05, 0.1) is 0 Å². The fourth-order valence-corrected chi connectivity index (χ4v) is 0. The minimum absolute atomic E-state index is 0. The monoisotopic (exact) mass is 468 g/mol. The van der Waals surface area contributed by atoms with Crippen LogP contribution in [-0.2, 0) is 57.7 Å². The van der Waals surface area contributed by atoms with Gasteiger partial charge in [-0.3, -0.25) is 0 Å². The van der Waals surface area contributed by atoms with E-state index in [2.05, 4.69) is 0 Å². The van der Waals surface area contributed by atoms with Crippen molar-refractivity contribution in [2.24, 2.45) is 0 Å². The fraction of sp³-hybridized carbons (Fsp3) is 0. The molecule has 0 aliphatic carbocycles. The van der Waals surface area contributed by atoms with E-state index in [0.29, 0.717) is 0 Å². The Balaban J connectivity index is 0. The number of hydrogen-bond donors (Lipinski definition) is 0. The van der Waals surface area contributed by atoms with Gasteiger partial charge in [-0.1, -0.05) is 0 Å². The van der Waals surface area contributed by atoms with Crippen LogP contribution in [0, 0.1) is 0 Å². The Hall–Kier alpha value is 3.51. The largest absolute Gasteiger partial charge is 4.00 e. The van der Waals surface area contributed by atoms with Gasteiger partial charge < -0.3 is 11.0 Å². The first-order chi connectivity index (χ1) is 0. The molecule has 0 atom stereocenters. The van der Waals surface area contributed by atoms with Crippen LogP contribution in [0.4, 0.5) is 0 Å². The van der Waals surface area contributed by atoms with Crippen molar-refractivity contribution in [3.05, 3.63) is 0 Å². The summed E-state index contributed by atoms with van der Waals surface area (Å²) in [5.74, 6) is 0.